The first kappa shape index (κ1) is 27.2. The first-order valence-electron chi connectivity index (χ1n) is 11.8. The summed E-state index contributed by atoms with van der Waals surface area (Å²) in [6.07, 6.45) is 1.04. The zero-order chi connectivity index (χ0) is 25.0. The van der Waals surface area contributed by atoms with E-state index in [0.717, 1.165) is 22.4 Å². The van der Waals surface area contributed by atoms with E-state index in [2.05, 4.69) is 5.32 Å². The third kappa shape index (κ3) is 8.94. The molecule has 190 valence electrons. The van der Waals surface area contributed by atoms with Gasteiger partial charge in [-0.1, -0.05) is 36.4 Å². The maximum absolute atomic E-state index is 12.3. The predicted molar refractivity (Wildman–Crippen MR) is 134 cm³/mol. The third-order valence-corrected chi connectivity index (χ3v) is 6.72. The minimum atomic E-state index is -0.860. The zero-order valence-corrected chi connectivity index (χ0v) is 20.4. The van der Waals surface area contributed by atoms with Crippen LogP contribution in [-0.2, 0) is 25.7 Å². The Bertz CT molecular complexity index is 953. The van der Waals surface area contributed by atoms with Gasteiger partial charge >= 0.3 is 5.97 Å². The number of carboxylic acid groups (broad SMARTS) is 1. The molecule has 35 heavy (non-hydrogen) atoms. The van der Waals surface area contributed by atoms with Crippen LogP contribution in [0.2, 0.25) is 0 Å². The van der Waals surface area contributed by atoms with Gasteiger partial charge in [-0.25, -0.2) is 0 Å². The number of carbonyl (C=O) groups excluding carboxylic acids is 1. The van der Waals surface area contributed by atoms with E-state index in [1.54, 1.807) is 17.8 Å². The van der Waals surface area contributed by atoms with E-state index in [1.165, 1.54) is 0 Å². The molecule has 0 aliphatic carbocycles. The van der Waals surface area contributed by atoms with Gasteiger partial charge in [0.25, 0.3) is 0 Å². The highest BCUT2D eigenvalue weighted by Gasteiger charge is 2.32. The van der Waals surface area contributed by atoms with Gasteiger partial charge in [-0.2, -0.15) is 11.8 Å². The van der Waals surface area contributed by atoms with Crippen LogP contribution in [0.25, 0.3) is 0 Å². The molecular weight excluding hydrogens is 470 g/mol. The summed E-state index contributed by atoms with van der Waals surface area (Å²) in [5.41, 5.74) is 3.23. The number of amides is 1. The van der Waals surface area contributed by atoms with Crippen molar-refractivity contribution in [2.75, 3.05) is 23.4 Å². The molecular formula is C26H33NO7S. The number of nitrogens with one attached hydrogen (secondary N) is 1. The largest absolute Gasteiger partial charge is 0.481 e. The second kappa shape index (κ2) is 14.2. The number of unbranched alkanes of at least 4 members (excludes halogenated alkanes) is 1. The smallest absolute Gasteiger partial charge is 0.303 e. The molecule has 1 aliphatic heterocycles. The van der Waals surface area contributed by atoms with Crippen LogP contribution in [0.1, 0.15) is 61.2 Å². The fraction of sp³-hybridized carbons (Fsp3) is 0.462. The van der Waals surface area contributed by atoms with Crippen molar-refractivity contribution in [3.05, 3.63) is 65.2 Å². The summed E-state index contributed by atoms with van der Waals surface area (Å²) in [6.45, 7) is 0.0947. The SMILES string of the molecule is O=C(O)CCCCC(=O)Nc1cccc([C@@H]2O[C@H](CSCCO)C[C@H](c3ccc(CO)cc3)O2)c1. The molecule has 2 aromatic carbocycles. The van der Waals surface area contributed by atoms with E-state index in [-0.39, 0.29) is 44.2 Å². The number of rotatable bonds is 13. The molecule has 0 radical (unpaired) electrons. The molecule has 0 spiro atoms. The second-order valence-electron chi connectivity index (χ2n) is 8.42. The van der Waals surface area contributed by atoms with Crippen molar-refractivity contribution in [1.29, 1.82) is 0 Å². The molecule has 4 N–H and O–H groups in total. The van der Waals surface area contributed by atoms with Gasteiger partial charge in [0.15, 0.2) is 6.29 Å². The summed E-state index contributed by atoms with van der Waals surface area (Å²) >= 11 is 1.63. The Balaban J connectivity index is 1.68. The molecule has 1 aliphatic rings. The van der Waals surface area contributed by atoms with Gasteiger partial charge < -0.3 is 30.1 Å². The van der Waals surface area contributed by atoms with Gasteiger partial charge in [-0.15, -0.1) is 0 Å². The fourth-order valence-corrected chi connectivity index (χ4v) is 4.62. The second-order valence-corrected chi connectivity index (χ2v) is 9.57. The molecule has 8 nitrogen and oxygen atoms in total. The van der Waals surface area contributed by atoms with Crippen molar-refractivity contribution in [2.45, 2.75) is 57.2 Å². The third-order valence-electron chi connectivity index (χ3n) is 5.64. The first-order valence-corrected chi connectivity index (χ1v) is 12.9. The molecule has 2 aromatic rings. The Labute approximate surface area is 209 Å². The average Bonchev–Trinajstić information content (AvgIpc) is 2.87. The Morgan fingerprint density at radius 3 is 2.49 bits per heavy atom. The number of aliphatic hydroxyl groups is 2. The number of aliphatic hydroxyl groups excluding tert-OH is 2. The lowest BCUT2D eigenvalue weighted by molar-refractivity contribution is -0.245. The summed E-state index contributed by atoms with van der Waals surface area (Å²) in [4.78, 5) is 22.9. The monoisotopic (exact) mass is 503 g/mol. The van der Waals surface area contributed by atoms with Gasteiger partial charge in [-0.05, 0) is 36.1 Å². The lowest BCUT2D eigenvalue weighted by atomic mass is 10.0. The molecule has 3 atom stereocenters. The standard InChI is InChI=1S/C26H33NO7S/c28-12-13-35-17-22-15-23(19-10-8-18(16-29)9-11-19)34-26(33-22)20-4-3-5-21(14-20)27-24(30)6-1-2-7-25(31)32/h3-5,8-11,14,22-23,26,28-29H,1-2,6-7,12-13,15-17H2,(H,27,30)(H,31,32)/t22-,23+,26+/m0/s1. The first-order chi connectivity index (χ1) is 17.0. The quantitative estimate of drug-likeness (QED) is 0.302. The van der Waals surface area contributed by atoms with Crippen LogP contribution in [0.4, 0.5) is 5.69 Å². The van der Waals surface area contributed by atoms with Crippen LogP contribution < -0.4 is 5.32 Å². The van der Waals surface area contributed by atoms with Gasteiger partial charge in [0, 0.05) is 42.0 Å². The van der Waals surface area contributed by atoms with Gasteiger partial charge in [0.2, 0.25) is 5.91 Å². The predicted octanol–water partition coefficient (Wildman–Crippen LogP) is 4.03. The minimum absolute atomic E-state index is 0.0178. The van der Waals surface area contributed by atoms with E-state index >= 15 is 0 Å². The number of carboxylic acids is 1. The number of benzene rings is 2. The number of thioether (sulfide) groups is 1. The average molecular weight is 504 g/mol. The van der Waals surface area contributed by atoms with Crippen molar-refractivity contribution in [2.24, 2.45) is 0 Å². The van der Waals surface area contributed by atoms with Gasteiger partial charge in [-0.3, -0.25) is 9.59 Å². The lowest BCUT2D eigenvalue weighted by Crippen LogP contribution is -2.31. The summed E-state index contributed by atoms with van der Waals surface area (Å²) in [6, 6.07) is 15.0. The van der Waals surface area contributed by atoms with Crippen molar-refractivity contribution in [3.8, 4) is 0 Å². The van der Waals surface area contributed by atoms with Gasteiger partial charge in [0.1, 0.15) is 0 Å². The molecule has 9 heteroatoms. The number of anilines is 1. The van der Waals surface area contributed by atoms with Crippen molar-refractivity contribution < 1.29 is 34.4 Å². The van der Waals surface area contributed by atoms with Crippen molar-refractivity contribution in [3.63, 3.8) is 0 Å². The Morgan fingerprint density at radius 1 is 1.00 bits per heavy atom. The highest BCUT2D eigenvalue weighted by molar-refractivity contribution is 7.99. The van der Waals surface area contributed by atoms with Crippen LogP contribution >= 0.6 is 11.8 Å². The molecule has 3 rings (SSSR count). The summed E-state index contributed by atoms with van der Waals surface area (Å²) < 4.78 is 12.6. The highest BCUT2D eigenvalue weighted by Crippen LogP contribution is 2.39. The Hall–Kier alpha value is -2.43. The topological polar surface area (TPSA) is 125 Å². The van der Waals surface area contributed by atoms with Crippen LogP contribution in [0.15, 0.2) is 48.5 Å². The minimum Gasteiger partial charge on any atom is -0.481 e. The fourth-order valence-electron chi connectivity index (χ4n) is 3.85. The van der Waals surface area contributed by atoms with Crippen LogP contribution in [0.5, 0.6) is 0 Å². The molecule has 1 saturated heterocycles. The van der Waals surface area contributed by atoms with Crippen molar-refractivity contribution in [1.82, 2.24) is 0 Å². The molecule has 1 fully saturated rings. The maximum Gasteiger partial charge on any atom is 0.303 e. The van der Waals surface area contributed by atoms with Gasteiger partial charge in [0.05, 0.1) is 25.4 Å². The zero-order valence-electron chi connectivity index (χ0n) is 19.6. The number of hydrogen-bond donors (Lipinski definition) is 4. The molecule has 0 bridgehead atoms. The van der Waals surface area contributed by atoms with E-state index < -0.39 is 12.3 Å². The molecule has 1 amide bonds. The van der Waals surface area contributed by atoms with E-state index in [0.29, 0.717) is 30.7 Å². The van der Waals surface area contributed by atoms with E-state index in [1.807, 2.05) is 42.5 Å². The summed E-state index contributed by atoms with van der Waals surface area (Å²) in [7, 11) is 0. The molecule has 0 saturated carbocycles. The van der Waals surface area contributed by atoms with Crippen LogP contribution in [-0.4, -0.2) is 51.4 Å². The maximum atomic E-state index is 12.3. The summed E-state index contributed by atoms with van der Waals surface area (Å²) in [5.74, 6) is 0.327. The van der Waals surface area contributed by atoms with Crippen LogP contribution in [0, 0.1) is 0 Å². The summed E-state index contributed by atoms with van der Waals surface area (Å²) in [5, 5.41) is 30.0. The number of ether oxygens (including phenoxy) is 2. The highest BCUT2D eigenvalue weighted by atomic mass is 32.2. The Morgan fingerprint density at radius 2 is 1.77 bits per heavy atom. The van der Waals surface area contributed by atoms with E-state index in [9.17, 15) is 14.7 Å². The number of carbonyl (C=O) groups is 2. The molecule has 1 heterocycles. The van der Waals surface area contributed by atoms with Crippen LogP contribution in [0.3, 0.4) is 0 Å². The van der Waals surface area contributed by atoms with Crippen molar-refractivity contribution >= 4 is 29.3 Å². The van der Waals surface area contributed by atoms with E-state index in [4.69, 9.17) is 19.7 Å². The molecule has 0 aromatic heterocycles. The number of hydrogen-bond acceptors (Lipinski definition) is 7. The normalized spacial score (nSPS) is 19.9. The lowest BCUT2D eigenvalue weighted by Gasteiger charge is -2.36. The Kier molecular flexibility index (Phi) is 11.0. The molecule has 0 unspecified atom stereocenters. The number of aliphatic carboxylic acids is 1.